The number of nitrogens with zero attached hydrogens (tertiary/aromatic N) is 2. The maximum Gasteiger partial charge on any atom is 0.323 e. The van der Waals surface area contributed by atoms with Gasteiger partial charge in [-0.15, -0.1) is 11.8 Å². The summed E-state index contributed by atoms with van der Waals surface area (Å²) in [6.07, 6.45) is 4.36. The summed E-state index contributed by atoms with van der Waals surface area (Å²) in [5.74, 6) is -2.10. The molecular weight excluding hydrogens is 546 g/mol. The van der Waals surface area contributed by atoms with Crippen molar-refractivity contribution in [2.24, 2.45) is 0 Å². The normalized spacial score (nSPS) is 17.2. The molecule has 0 unspecified atom stereocenters. The minimum absolute atomic E-state index is 0.207. The van der Waals surface area contributed by atoms with E-state index < -0.39 is 36.5 Å². The molecule has 2 atom stereocenters. The summed E-state index contributed by atoms with van der Waals surface area (Å²) in [5.41, 5.74) is 1.45. The molecule has 0 saturated carbocycles. The third kappa shape index (κ3) is 7.34. The Morgan fingerprint density at radius 3 is 2.27 bits per heavy atom. The molecule has 0 bridgehead atoms. The molecule has 0 fully saturated rings. The number of anilines is 1. The van der Waals surface area contributed by atoms with Crippen LogP contribution in [0, 0.1) is 0 Å². The van der Waals surface area contributed by atoms with E-state index in [1.807, 2.05) is 12.1 Å². The molecule has 41 heavy (non-hydrogen) atoms. The third-order valence-electron chi connectivity index (χ3n) is 7.15. The van der Waals surface area contributed by atoms with Crippen molar-refractivity contribution in [1.82, 2.24) is 10.2 Å². The number of unbranched alkanes of at least 4 members (excludes halogenated alkanes) is 4. The van der Waals surface area contributed by atoms with E-state index in [4.69, 9.17) is 4.74 Å². The predicted molar refractivity (Wildman–Crippen MR) is 154 cm³/mol. The maximum absolute atomic E-state index is 13.4. The zero-order valence-electron chi connectivity index (χ0n) is 23.0. The topological polar surface area (TPSA) is 133 Å². The second-order valence-electron chi connectivity index (χ2n) is 9.98. The number of carboxylic acid groups (broad SMARTS) is 1. The number of hydrogen-bond acceptors (Lipinski definition) is 8. The van der Waals surface area contributed by atoms with Crippen LogP contribution in [0.1, 0.15) is 66.2 Å². The van der Waals surface area contributed by atoms with Gasteiger partial charge in [-0.2, -0.15) is 0 Å². The van der Waals surface area contributed by atoms with Crippen molar-refractivity contribution in [3.8, 4) is 0 Å². The predicted octanol–water partition coefficient (Wildman–Crippen LogP) is 3.74. The molecule has 0 aromatic heterocycles. The van der Waals surface area contributed by atoms with Crippen LogP contribution in [-0.4, -0.2) is 77.2 Å². The van der Waals surface area contributed by atoms with Gasteiger partial charge >= 0.3 is 11.9 Å². The zero-order valence-corrected chi connectivity index (χ0v) is 23.9. The molecule has 11 heteroatoms. The van der Waals surface area contributed by atoms with Crippen LogP contribution in [0.3, 0.4) is 0 Å². The van der Waals surface area contributed by atoms with Crippen LogP contribution in [0.25, 0.3) is 0 Å². The minimum atomic E-state index is -1.12. The van der Waals surface area contributed by atoms with Crippen LogP contribution in [0.2, 0.25) is 0 Å². The molecule has 218 valence electrons. The second-order valence-corrected chi connectivity index (χ2v) is 11.0. The highest BCUT2D eigenvalue weighted by atomic mass is 32.2. The fourth-order valence-corrected chi connectivity index (χ4v) is 6.20. The molecule has 10 nitrogen and oxygen atoms in total. The average molecular weight is 582 g/mol. The quantitative estimate of drug-likeness (QED) is 0.194. The number of benzene rings is 2. The molecule has 2 aliphatic rings. The number of hydrogen-bond donors (Lipinski definition) is 2. The van der Waals surface area contributed by atoms with Crippen molar-refractivity contribution in [2.75, 3.05) is 30.3 Å². The first-order valence-electron chi connectivity index (χ1n) is 13.9. The number of para-hydroxylation sites is 1. The first kappa shape index (κ1) is 30.3. The Morgan fingerprint density at radius 1 is 0.951 bits per heavy atom. The van der Waals surface area contributed by atoms with Crippen LogP contribution in [0.4, 0.5) is 5.69 Å². The Kier molecular flexibility index (Phi) is 10.5. The summed E-state index contributed by atoms with van der Waals surface area (Å²) in [6, 6.07) is 12.5. The molecule has 2 aliphatic heterocycles. The lowest BCUT2D eigenvalue weighted by Crippen LogP contribution is -2.54. The van der Waals surface area contributed by atoms with E-state index in [-0.39, 0.29) is 18.4 Å². The lowest BCUT2D eigenvalue weighted by molar-refractivity contribution is -0.146. The third-order valence-corrected chi connectivity index (χ3v) is 8.30. The molecule has 0 saturated heterocycles. The number of thioether (sulfide) groups is 1. The number of nitrogens with one attached hydrogen (secondary N) is 1. The summed E-state index contributed by atoms with van der Waals surface area (Å²) in [6.45, 7) is 1.83. The van der Waals surface area contributed by atoms with Gasteiger partial charge in [-0.05, 0) is 44.0 Å². The molecule has 0 radical (unpaired) electrons. The lowest BCUT2D eigenvalue weighted by atomic mass is 10.0. The van der Waals surface area contributed by atoms with Crippen molar-refractivity contribution in [2.45, 2.75) is 62.4 Å². The molecule has 2 aromatic rings. The second kappa shape index (κ2) is 14.3. The largest absolute Gasteiger partial charge is 0.480 e. The smallest absolute Gasteiger partial charge is 0.323 e. The fraction of sp³-hybridized carbons (Fsp3) is 0.433. The van der Waals surface area contributed by atoms with Gasteiger partial charge in [0, 0.05) is 17.2 Å². The number of aliphatic carboxylic acids is 1. The van der Waals surface area contributed by atoms with Crippen molar-refractivity contribution < 1.29 is 33.8 Å². The van der Waals surface area contributed by atoms with Gasteiger partial charge in [-0.3, -0.25) is 39.1 Å². The number of carbonyl (C=O) groups is 5. The highest BCUT2D eigenvalue weighted by Crippen LogP contribution is 2.34. The van der Waals surface area contributed by atoms with Gasteiger partial charge in [0.1, 0.15) is 12.6 Å². The molecule has 2 aromatic carbocycles. The number of imide groups is 1. The maximum atomic E-state index is 13.4. The van der Waals surface area contributed by atoms with Crippen molar-refractivity contribution in [1.29, 1.82) is 0 Å². The summed E-state index contributed by atoms with van der Waals surface area (Å²) in [5, 5.41) is 12.6. The van der Waals surface area contributed by atoms with Gasteiger partial charge in [-0.1, -0.05) is 49.9 Å². The Morgan fingerprint density at radius 2 is 1.59 bits per heavy atom. The van der Waals surface area contributed by atoms with E-state index in [9.17, 15) is 29.1 Å². The molecular formula is C30H35N3O7S. The summed E-state index contributed by atoms with van der Waals surface area (Å²) in [4.78, 5) is 66.1. The molecule has 2 N–H and O–H groups in total. The van der Waals surface area contributed by atoms with E-state index in [0.29, 0.717) is 48.4 Å². The number of ether oxygens (including phenoxy) is 1. The summed E-state index contributed by atoms with van der Waals surface area (Å²) >= 11 is 1.44. The first-order valence-corrected chi connectivity index (χ1v) is 14.9. The Bertz CT molecular complexity index is 1270. The monoisotopic (exact) mass is 581 g/mol. The van der Waals surface area contributed by atoms with Crippen LogP contribution in [-0.2, 0) is 19.1 Å². The molecule has 0 aliphatic carbocycles. The summed E-state index contributed by atoms with van der Waals surface area (Å²) < 4.78 is 5.27. The molecule has 3 amide bonds. The van der Waals surface area contributed by atoms with Gasteiger partial charge in [0.05, 0.1) is 29.5 Å². The van der Waals surface area contributed by atoms with Crippen molar-refractivity contribution in [3.05, 3.63) is 59.7 Å². The van der Waals surface area contributed by atoms with E-state index >= 15 is 0 Å². The number of amides is 3. The molecule has 2 heterocycles. The number of fused-ring (bicyclic) bond motifs is 2. The lowest BCUT2D eigenvalue weighted by Gasteiger charge is -2.27. The van der Waals surface area contributed by atoms with Gasteiger partial charge in [0.2, 0.25) is 5.91 Å². The van der Waals surface area contributed by atoms with E-state index in [2.05, 4.69) is 5.32 Å². The highest BCUT2D eigenvalue weighted by molar-refractivity contribution is 7.99. The Hall–Kier alpha value is -3.70. The van der Waals surface area contributed by atoms with Gasteiger partial charge in [0.25, 0.3) is 11.8 Å². The van der Waals surface area contributed by atoms with Gasteiger partial charge in [-0.25, -0.2) is 0 Å². The van der Waals surface area contributed by atoms with Crippen molar-refractivity contribution in [3.63, 3.8) is 0 Å². The summed E-state index contributed by atoms with van der Waals surface area (Å²) in [7, 11) is 0. The van der Waals surface area contributed by atoms with Crippen LogP contribution in [0.15, 0.2) is 53.4 Å². The van der Waals surface area contributed by atoms with Gasteiger partial charge in [0.15, 0.2) is 0 Å². The van der Waals surface area contributed by atoms with E-state index in [1.165, 1.54) is 21.6 Å². The zero-order chi connectivity index (χ0) is 29.4. The highest BCUT2D eigenvalue weighted by Gasteiger charge is 2.36. The first-order chi connectivity index (χ1) is 19.8. The average Bonchev–Trinajstić information content (AvgIpc) is 3.12. The molecule has 4 rings (SSSR count). The van der Waals surface area contributed by atoms with E-state index in [0.717, 1.165) is 24.2 Å². The number of rotatable bonds is 14. The van der Waals surface area contributed by atoms with Crippen LogP contribution >= 0.6 is 11.8 Å². The van der Waals surface area contributed by atoms with Crippen LogP contribution < -0.4 is 10.2 Å². The molecule has 0 spiro atoms. The Labute approximate surface area is 243 Å². The SMILES string of the molecule is CCOC(=O)[C@H](CCCCCCCN1C(=O)c2ccccc2C1=O)N[C@H]1CSc2ccccc2N(CC(=O)O)C1=O. The Balaban J connectivity index is 1.27. The van der Waals surface area contributed by atoms with Gasteiger partial charge < -0.3 is 9.84 Å². The number of esters is 1. The number of carboxylic acids is 1. The van der Waals surface area contributed by atoms with Crippen LogP contribution in [0.5, 0.6) is 0 Å². The standard InChI is InChI=1S/C30H35N3O7S/c1-2-40-30(39)22(31-23-19-41-25-16-10-9-15-24(25)33(29(23)38)18-26(34)35)14-6-4-3-5-11-17-32-27(36)20-12-7-8-13-21(20)28(32)37/h7-10,12-13,15-16,22-23,31H,2-6,11,14,17-19H2,1H3,(H,34,35)/t22-,23-/m0/s1. The number of carbonyl (C=O) groups excluding carboxylic acids is 4. The minimum Gasteiger partial charge on any atom is -0.480 e. The fourth-order valence-electron chi connectivity index (χ4n) is 5.12. The van der Waals surface area contributed by atoms with E-state index in [1.54, 1.807) is 43.3 Å². The van der Waals surface area contributed by atoms with Crippen molar-refractivity contribution >= 4 is 47.1 Å².